The summed E-state index contributed by atoms with van der Waals surface area (Å²) in [6.45, 7) is 1.40. The lowest BCUT2D eigenvalue weighted by atomic mass is 10.1. The average molecular weight is 243 g/mol. The van der Waals surface area contributed by atoms with E-state index in [9.17, 15) is 13.2 Å². The van der Waals surface area contributed by atoms with Crippen molar-refractivity contribution in [2.24, 2.45) is 5.92 Å². The highest BCUT2D eigenvalue weighted by Gasteiger charge is 2.30. The molecule has 1 N–H and O–H groups in total. The van der Waals surface area contributed by atoms with Gasteiger partial charge in [0.25, 0.3) is 0 Å². The Balaban J connectivity index is 1.82. The molecule has 0 radical (unpaired) electrons. The van der Waals surface area contributed by atoms with E-state index in [1.807, 2.05) is 0 Å². The van der Waals surface area contributed by atoms with Crippen LogP contribution in [0.25, 0.3) is 0 Å². The van der Waals surface area contributed by atoms with Crippen LogP contribution in [0.1, 0.15) is 30.4 Å². The van der Waals surface area contributed by atoms with Crippen molar-refractivity contribution in [3.05, 3.63) is 35.4 Å². The molecule has 0 unspecified atom stereocenters. The summed E-state index contributed by atoms with van der Waals surface area (Å²) in [6, 6.07) is 5.50. The van der Waals surface area contributed by atoms with E-state index in [-0.39, 0.29) is 0 Å². The minimum absolute atomic E-state index is 0.511. The van der Waals surface area contributed by atoms with Crippen molar-refractivity contribution >= 4 is 0 Å². The van der Waals surface area contributed by atoms with Crippen LogP contribution in [-0.4, -0.2) is 6.54 Å². The zero-order chi connectivity index (χ0) is 12.3. The van der Waals surface area contributed by atoms with Gasteiger partial charge in [-0.25, -0.2) is 0 Å². The van der Waals surface area contributed by atoms with Gasteiger partial charge in [-0.15, -0.1) is 0 Å². The second kappa shape index (κ2) is 5.08. The van der Waals surface area contributed by atoms with Gasteiger partial charge in [-0.2, -0.15) is 13.2 Å². The Morgan fingerprint density at radius 1 is 1.24 bits per heavy atom. The molecule has 1 aromatic rings. The van der Waals surface area contributed by atoms with Gasteiger partial charge in [-0.1, -0.05) is 31.0 Å². The SMILES string of the molecule is FC(F)(F)c1cccc(CNCCC2CC2)c1. The van der Waals surface area contributed by atoms with E-state index in [4.69, 9.17) is 0 Å². The van der Waals surface area contributed by atoms with Gasteiger partial charge in [-0.3, -0.25) is 0 Å². The van der Waals surface area contributed by atoms with E-state index in [2.05, 4.69) is 5.32 Å². The van der Waals surface area contributed by atoms with Crippen LogP contribution >= 0.6 is 0 Å². The van der Waals surface area contributed by atoms with E-state index >= 15 is 0 Å². The molecule has 1 aromatic carbocycles. The summed E-state index contributed by atoms with van der Waals surface area (Å²) in [7, 11) is 0. The predicted molar refractivity (Wildman–Crippen MR) is 60.5 cm³/mol. The summed E-state index contributed by atoms with van der Waals surface area (Å²) >= 11 is 0. The second-order valence-corrected chi connectivity index (χ2v) is 4.61. The summed E-state index contributed by atoms with van der Waals surface area (Å²) in [4.78, 5) is 0. The molecule has 17 heavy (non-hydrogen) atoms. The molecule has 0 amide bonds. The second-order valence-electron chi connectivity index (χ2n) is 4.61. The number of benzene rings is 1. The average Bonchev–Trinajstić information content (AvgIpc) is 3.08. The molecule has 1 saturated carbocycles. The molecule has 0 atom stereocenters. The first-order valence-corrected chi connectivity index (χ1v) is 5.92. The van der Waals surface area contributed by atoms with Gasteiger partial charge in [0.2, 0.25) is 0 Å². The first kappa shape index (κ1) is 12.4. The minimum Gasteiger partial charge on any atom is -0.313 e. The van der Waals surface area contributed by atoms with Crippen LogP contribution in [0.15, 0.2) is 24.3 Å². The molecule has 0 aromatic heterocycles. The van der Waals surface area contributed by atoms with Crippen LogP contribution in [0, 0.1) is 5.92 Å². The van der Waals surface area contributed by atoms with Crippen molar-refractivity contribution in [1.29, 1.82) is 0 Å². The van der Waals surface area contributed by atoms with Crippen LogP contribution in [0.3, 0.4) is 0 Å². The molecular weight excluding hydrogens is 227 g/mol. The van der Waals surface area contributed by atoms with E-state index in [0.717, 1.165) is 24.9 Å². The number of halogens is 3. The molecule has 0 bridgehead atoms. The lowest BCUT2D eigenvalue weighted by Gasteiger charge is -2.09. The van der Waals surface area contributed by atoms with Gasteiger partial charge in [0.1, 0.15) is 0 Å². The highest BCUT2D eigenvalue weighted by Crippen LogP contribution is 2.32. The maximum absolute atomic E-state index is 12.4. The summed E-state index contributed by atoms with van der Waals surface area (Å²) in [6.07, 6.45) is -0.487. The lowest BCUT2D eigenvalue weighted by molar-refractivity contribution is -0.137. The number of hydrogen-bond acceptors (Lipinski definition) is 1. The fourth-order valence-electron chi connectivity index (χ4n) is 1.80. The summed E-state index contributed by atoms with van der Waals surface area (Å²) < 4.78 is 37.3. The van der Waals surface area contributed by atoms with Crippen molar-refractivity contribution in [2.75, 3.05) is 6.54 Å². The van der Waals surface area contributed by atoms with Crippen molar-refractivity contribution in [2.45, 2.75) is 32.0 Å². The molecule has 4 heteroatoms. The Hall–Kier alpha value is -1.03. The van der Waals surface area contributed by atoms with Crippen molar-refractivity contribution in [1.82, 2.24) is 5.32 Å². The van der Waals surface area contributed by atoms with Crippen LogP contribution in [-0.2, 0) is 12.7 Å². The molecule has 2 rings (SSSR count). The third-order valence-corrected chi connectivity index (χ3v) is 3.01. The third kappa shape index (κ3) is 4.04. The first-order valence-electron chi connectivity index (χ1n) is 5.92. The molecule has 94 valence electrons. The molecule has 1 nitrogen and oxygen atoms in total. The molecule has 1 aliphatic rings. The molecule has 0 spiro atoms. The van der Waals surface area contributed by atoms with E-state index in [0.29, 0.717) is 12.1 Å². The Labute approximate surface area is 99.0 Å². The zero-order valence-electron chi connectivity index (χ0n) is 9.56. The van der Waals surface area contributed by atoms with Gasteiger partial charge in [0, 0.05) is 6.54 Å². The smallest absolute Gasteiger partial charge is 0.313 e. The molecule has 0 saturated heterocycles. The normalized spacial score (nSPS) is 16.2. The highest BCUT2D eigenvalue weighted by atomic mass is 19.4. The Bertz CT molecular complexity index is 369. The number of nitrogens with one attached hydrogen (secondary N) is 1. The van der Waals surface area contributed by atoms with Crippen molar-refractivity contribution in [3.8, 4) is 0 Å². The summed E-state index contributed by atoms with van der Waals surface area (Å²) in [5.74, 6) is 0.851. The minimum atomic E-state index is -4.25. The Morgan fingerprint density at radius 2 is 2.00 bits per heavy atom. The van der Waals surface area contributed by atoms with Gasteiger partial charge >= 0.3 is 6.18 Å². The van der Waals surface area contributed by atoms with Gasteiger partial charge in [0.15, 0.2) is 0 Å². The van der Waals surface area contributed by atoms with Crippen LogP contribution in [0.5, 0.6) is 0 Å². The fourth-order valence-corrected chi connectivity index (χ4v) is 1.80. The maximum atomic E-state index is 12.4. The first-order chi connectivity index (χ1) is 8.05. The van der Waals surface area contributed by atoms with Gasteiger partial charge in [0.05, 0.1) is 5.56 Å². The number of hydrogen-bond donors (Lipinski definition) is 1. The Kier molecular flexibility index (Phi) is 3.72. The Morgan fingerprint density at radius 3 is 2.65 bits per heavy atom. The topological polar surface area (TPSA) is 12.0 Å². The van der Waals surface area contributed by atoms with E-state index < -0.39 is 11.7 Å². The quantitative estimate of drug-likeness (QED) is 0.779. The number of alkyl halides is 3. The van der Waals surface area contributed by atoms with Gasteiger partial charge < -0.3 is 5.32 Å². The fraction of sp³-hybridized carbons (Fsp3) is 0.538. The predicted octanol–water partition coefficient (Wildman–Crippen LogP) is 3.60. The maximum Gasteiger partial charge on any atom is 0.416 e. The van der Waals surface area contributed by atoms with E-state index in [1.54, 1.807) is 6.07 Å². The largest absolute Gasteiger partial charge is 0.416 e. The lowest BCUT2D eigenvalue weighted by Crippen LogP contribution is -2.15. The van der Waals surface area contributed by atoms with Crippen molar-refractivity contribution in [3.63, 3.8) is 0 Å². The highest BCUT2D eigenvalue weighted by molar-refractivity contribution is 5.25. The molecule has 0 aliphatic heterocycles. The summed E-state index contributed by atoms with van der Waals surface area (Å²) in [5.41, 5.74) is 0.120. The van der Waals surface area contributed by atoms with Crippen LogP contribution in [0.4, 0.5) is 13.2 Å². The van der Waals surface area contributed by atoms with Crippen molar-refractivity contribution < 1.29 is 13.2 Å². The molecule has 1 fully saturated rings. The van der Waals surface area contributed by atoms with Crippen LogP contribution in [0.2, 0.25) is 0 Å². The van der Waals surface area contributed by atoms with Gasteiger partial charge in [-0.05, 0) is 30.5 Å². The van der Waals surface area contributed by atoms with E-state index in [1.165, 1.54) is 25.0 Å². The van der Waals surface area contributed by atoms with Crippen LogP contribution < -0.4 is 5.32 Å². The standard InChI is InChI=1S/C13H16F3N/c14-13(15,16)12-3-1-2-11(8-12)9-17-7-6-10-4-5-10/h1-3,8,10,17H,4-7,9H2. The number of rotatable bonds is 5. The molecular formula is C13H16F3N. The third-order valence-electron chi connectivity index (χ3n) is 3.01. The monoisotopic (exact) mass is 243 g/mol. The molecule has 0 heterocycles. The summed E-state index contributed by atoms with van der Waals surface area (Å²) in [5, 5.41) is 3.18. The molecule has 1 aliphatic carbocycles. The zero-order valence-corrected chi connectivity index (χ0v) is 9.56.